The minimum absolute atomic E-state index is 0.112. The predicted molar refractivity (Wildman–Crippen MR) is 58.2 cm³/mol. The summed E-state index contributed by atoms with van der Waals surface area (Å²) in [6.07, 6.45) is 0. The van der Waals surface area contributed by atoms with Gasteiger partial charge in [-0.05, 0) is 19.1 Å². The van der Waals surface area contributed by atoms with Gasteiger partial charge in [0.2, 0.25) is 5.91 Å². The number of nitriles is 1. The molecular formula is C11H11F2N3O. The SMILES string of the molecule is CCN(CC(N)=O)c1c(F)cc(C#N)cc1F. The summed E-state index contributed by atoms with van der Waals surface area (Å²) in [7, 11) is 0. The number of primary amides is 1. The molecule has 0 aromatic heterocycles. The van der Waals surface area contributed by atoms with Crippen LogP contribution in [0.1, 0.15) is 12.5 Å². The largest absolute Gasteiger partial charge is 0.368 e. The number of hydrogen-bond acceptors (Lipinski definition) is 3. The van der Waals surface area contributed by atoms with Gasteiger partial charge in [-0.25, -0.2) is 8.78 Å². The van der Waals surface area contributed by atoms with E-state index in [0.29, 0.717) is 0 Å². The van der Waals surface area contributed by atoms with Crippen LogP contribution in [0, 0.1) is 23.0 Å². The Kier molecular flexibility index (Phi) is 3.99. The van der Waals surface area contributed by atoms with E-state index in [1.54, 1.807) is 13.0 Å². The number of halogens is 2. The average molecular weight is 239 g/mol. The molecule has 1 aromatic rings. The molecule has 17 heavy (non-hydrogen) atoms. The Bertz CT molecular complexity index is 459. The standard InChI is InChI=1S/C11H11F2N3O/c1-2-16(6-10(15)17)11-8(12)3-7(5-14)4-9(11)13/h3-4H,2,6H2,1H3,(H2,15,17). The van der Waals surface area contributed by atoms with Crippen molar-refractivity contribution < 1.29 is 13.6 Å². The zero-order valence-corrected chi connectivity index (χ0v) is 9.20. The fraction of sp³-hybridized carbons (Fsp3) is 0.273. The lowest BCUT2D eigenvalue weighted by molar-refractivity contribution is -0.116. The van der Waals surface area contributed by atoms with Crippen molar-refractivity contribution in [2.45, 2.75) is 6.92 Å². The minimum atomic E-state index is -0.885. The summed E-state index contributed by atoms with van der Waals surface area (Å²) in [5, 5.41) is 8.55. The van der Waals surface area contributed by atoms with Crippen molar-refractivity contribution in [1.29, 1.82) is 5.26 Å². The lowest BCUT2D eigenvalue weighted by Crippen LogP contribution is -2.34. The highest BCUT2D eigenvalue weighted by molar-refractivity contribution is 5.79. The molecule has 0 atom stereocenters. The van der Waals surface area contributed by atoms with E-state index in [4.69, 9.17) is 11.0 Å². The Hall–Kier alpha value is -2.16. The molecule has 0 radical (unpaired) electrons. The van der Waals surface area contributed by atoms with Crippen molar-refractivity contribution in [3.8, 4) is 6.07 Å². The summed E-state index contributed by atoms with van der Waals surface area (Å²) in [6.45, 7) is 1.58. The Labute approximate surface area is 97.2 Å². The van der Waals surface area contributed by atoms with Crippen molar-refractivity contribution in [3.63, 3.8) is 0 Å². The summed E-state index contributed by atoms with van der Waals surface area (Å²) in [5.74, 6) is -2.45. The molecule has 0 fully saturated rings. The second-order valence-electron chi connectivity index (χ2n) is 3.38. The maximum atomic E-state index is 13.6. The number of carbonyl (C=O) groups excluding carboxylic acids is 1. The lowest BCUT2D eigenvalue weighted by Gasteiger charge is -2.22. The average Bonchev–Trinajstić information content (AvgIpc) is 2.25. The van der Waals surface area contributed by atoms with Crippen molar-refractivity contribution in [1.82, 2.24) is 0 Å². The molecule has 2 N–H and O–H groups in total. The summed E-state index contributed by atoms with van der Waals surface area (Å²) >= 11 is 0. The van der Waals surface area contributed by atoms with E-state index in [1.807, 2.05) is 0 Å². The number of carbonyl (C=O) groups is 1. The van der Waals surface area contributed by atoms with Crippen LogP contribution >= 0.6 is 0 Å². The Morgan fingerprint density at radius 2 is 2.00 bits per heavy atom. The van der Waals surface area contributed by atoms with E-state index in [-0.39, 0.29) is 24.3 Å². The molecule has 1 amide bonds. The van der Waals surface area contributed by atoms with Crippen molar-refractivity contribution >= 4 is 11.6 Å². The van der Waals surface area contributed by atoms with Gasteiger partial charge in [0.15, 0.2) is 11.6 Å². The van der Waals surface area contributed by atoms with Crippen LogP contribution in [0.25, 0.3) is 0 Å². The molecule has 6 heteroatoms. The predicted octanol–water partition coefficient (Wildman–Crippen LogP) is 1.15. The normalized spacial score (nSPS) is 9.76. The van der Waals surface area contributed by atoms with E-state index < -0.39 is 17.5 Å². The zero-order chi connectivity index (χ0) is 13.0. The maximum Gasteiger partial charge on any atom is 0.236 e. The Morgan fingerprint density at radius 3 is 2.35 bits per heavy atom. The highest BCUT2D eigenvalue weighted by atomic mass is 19.1. The van der Waals surface area contributed by atoms with Crippen LogP contribution in [-0.2, 0) is 4.79 Å². The third-order valence-corrected chi connectivity index (χ3v) is 2.19. The van der Waals surface area contributed by atoms with Gasteiger partial charge in [-0.3, -0.25) is 4.79 Å². The zero-order valence-electron chi connectivity index (χ0n) is 9.20. The first-order chi connectivity index (χ1) is 7.99. The molecule has 90 valence electrons. The summed E-state index contributed by atoms with van der Waals surface area (Å²) in [4.78, 5) is 11.9. The van der Waals surface area contributed by atoms with Crippen LogP contribution in [0.4, 0.5) is 14.5 Å². The minimum Gasteiger partial charge on any atom is -0.368 e. The Balaban J connectivity index is 3.20. The van der Waals surface area contributed by atoms with Crippen LogP contribution < -0.4 is 10.6 Å². The maximum absolute atomic E-state index is 13.6. The van der Waals surface area contributed by atoms with Crippen LogP contribution in [-0.4, -0.2) is 19.0 Å². The van der Waals surface area contributed by atoms with Gasteiger partial charge in [-0.1, -0.05) is 0 Å². The second-order valence-corrected chi connectivity index (χ2v) is 3.38. The molecule has 1 aromatic carbocycles. The first-order valence-electron chi connectivity index (χ1n) is 4.92. The van der Waals surface area contributed by atoms with E-state index in [1.165, 1.54) is 4.90 Å². The van der Waals surface area contributed by atoms with Gasteiger partial charge in [-0.2, -0.15) is 5.26 Å². The highest BCUT2D eigenvalue weighted by Gasteiger charge is 2.18. The van der Waals surface area contributed by atoms with Gasteiger partial charge in [0.05, 0.1) is 18.2 Å². The fourth-order valence-electron chi connectivity index (χ4n) is 1.47. The van der Waals surface area contributed by atoms with Crippen molar-refractivity contribution in [2.24, 2.45) is 5.73 Å². The quantitative estimate of drug-likeness (QED) is 0.856. The lowest BCUT2D eigenvalue weighted by atomic mass is 10.2. The molecule has 0 saturated carbocycles. The van der Waals surface area contributed by atoms with Gasteiger partial charge < -0.3 is 10.6 Å². The molecule has 0 bridgehead atoms. The number of amides is 1. The number of likely N-dealkylation sites (N-methyl/N-ethyl adjacent to an activating group) is 1. The molecule has 0 aliphatic carbocycles. The van der Waals surface area contributed by atoms with E-state index in [0.717, 1.165) is 12.1 Å². The van der Waals surface area contributed by atoms with E-state index in [2.05, 4.69) is 0 Å². The van der Waals surface area contributed by atoms with Gasteiger partial charge >= 0.3 is 0 Å². The molecule has 4 nitrogen and oxygen atoms in total. The number of rotatable bonds is 4. The van der Waals surface area contributed by atoms with Crippen LogP contribution in [0.3, 0.4) is 0 Å². The number of benzene rings is 1. The van der Waals surface area contributed by atoms with E-state index in [9.17, 15) is 13.6 Å². The third-order valence-electron chi connectivity index (χ3n) is 2.19. The van der Waals surface area contributed by atoms with Crippen LogP contribution in [0.15, 0.2) is 12.1 Å². The van der Waals surface area contributed by atoms with E-state index >= 15 is 0 Å². The smallest absolute Gasteiger partial charge is 0.236 e. The molecule has 0 aliphatic heterocycles. The first-order valence-corrected chi connectivity index (χ1v) is 4.92. The summed E-state index contributed by atoms with van der Waals surface area (Å²) < 4.78 is 27.2. The number of anilines is 1. The number of nitrogens with two attached hydrogens (primary N) is 1. The van der Waals surface area contributed by atoms with Crippen molar-refractivity contribution in [3.05, 3.63) is 29.3 Å². The summed E-state index contributed by atoms with van der Waals surface area (Å²) in [5.41, 5.74) is 4.53. The fourth-order valence-corrected chi connectivity index (χ4v) is 1.47. The monoisotopic (exact) mass is 239 g/mol. The summed E-state index contributed by atoms with van der Waals surface area (Å²) in [6, 6.07) is 3.48. The molecule has 0 aliphatic rings. The second kappa shape index (κ2) is 5.25. The van der Waals surface area contributed by atoms with Gasteiger partial charge in [0, 0.05) is 6.54 Å². The first kappa shape index (κ1) is 12.9. The Morgan fingerprint density at radius 1 is 1.47 bits per heavy atom. The van der Waals surface area contributed by atoms with Gasteiger partial charge in [0.25, 0.3) is 0 Å². The topological polar surface area (TPSA) is 70.1 Å². The highest BCUT2D eigenvalue weighted by Crippen LogP contribution is 2.24. The van der Waals surface area contributed by atoms with Crippen LogP contribution in [0.5, 0.6) is 0 Å². The molecule has 1 rings (SSSR count). The molecule has 0 unspecified atom stereocenters. The van der Waals surface area contributed by atoms with Gasteiger partial charge in [0.1, 0.15) is 5.69 Å². The number of nitrogens with zero attached hydrogens (tertiary/aromatic N) is 2. The molecule has 0 saturated heterocycles. The molecular weight excluding hydrogens is 228 g/mol. The third kappa shape index (κ3) is 2.91. The molecule has 0 heterocycles. The number of hydrogen-bond donors (Lipinski definition) is 1. The van der Waals surface area contributed by atoms with Crippen molar-refractivity contribution in [2.75, 3.05) is 18.0 Å². The van der Waals surface area contributed by atoms with Crippen LogP contribution in [0.2, 0.25) is 0 Å². The molecule has 0 spiro atoms. The van der Waals surface area contributed by atoms with Gasteiger partial charge in [-0.15, -0.1) is 0 Å².